The molecule has 0 amide bonds. The summed E-state index contributed by atoms with van der Waals surface area (Å²) in [7, 11) is 0. The maximum atomic E-state index is 5.66. The van der Waals surface area contributed by atoms with Gasteiger partial charge in [-0.05, 0) is 36.7 Å². The van der Waals surface area contributed by atoms with Gasteiger partial charge >= 0.3 is 0 Å². The summed E-state index contributed by atoms with van der Waals surface area (Å²) in [6, 6.07) is 0.160. The van der Waals surface area contributed by atoms with Crippen molar-refractivity contribution in [1.82, 2.24) is 0 Å². The predicted molar refractivity (Wildman–Crippen MR) is 49.8 cm³/mol. The Morgan fingerprint density at radius 2 is 2.10 bits per heavy atom. The molecule has 0 aromatic heterocycles. The second-order valence-corrected chi connectivity index (χ2v) is 3.49. The average molecular weight is 157 g/mol. The van der Waals surface area contributed by atoms with E-state index in [0.29, 0.717) is 0 Å². The normalized spacial score (nSPS) is 16.0. The van der Waals surface area contributed by atoms with Crippen molar-refractivity contribution in [3.8, 4) is 0 Å². The van der Waals surface area contributed by atoms with Crippen LogP contribution in [0.4, 0.5) is 0 Å². The molecule has 0 radical (unpaired) electrons. The van der Waals surface area contributed by atoms with E-state index < -0.39 is 0 Å². The molecule has 0 spiro atoms. The summed E-state index contributed by atoms with van der Waals surface area (Å²) in [5, 5.41) is 1.82. The molecule has 58 valence electrons. The lowest BCUT2D eigenvalue weighted by molar-refractivity contribution is 0.856. The smallest absolute Gasteiger partial charge is 0.0232 e. The predicted octanol–water partition coefficient (Wildman–Crippen LogP) is 2.50. The zero-order valence-electron chi connectivity index (χ0n) is 6.85. The minimum absolute atomic E-state index is 0.160. The first-order valence-electron chi connectivity index (χ1n) is 3.30. The van der Waals surface area contributed by atoms with Gasteiger partial charge in [0.05, 0.1) is 0 Å². The summed E-state index contributed by atoms with van der Waals surface area (Å²) in [4.78, 5) is 1.25. The van der Waals surface area contributed by atoms with Crippen LogP contribution in [0.2, 0.25) is 0 Å². The van der Waals surface area contributed by atoms with Crippen LogP contribution in [0.3, 0.4) is 0 Å². The lowest BCUT2D eigenvalue weighted by atomic mass is 10.1. The highest BCUT2D eigenvalue weighted by Gasteiger charge is 1.99. The van der Waals surface area contributed by atoms with Crippen LogP contribution in [0, 0.1) is 0 Å². The molecule has 1 unspecified atom stereocenters. The van der Waals surface area contributed by atoms with E-state index in [-0.39, 0.29) is 6.04 Å². The van der Waals surface area contributed by atoms with Gasteiger partial charge in [0.1, 0.15) is 0 Å². The minimum atomic E-state index is 0.160. The Bertz CT molecular complexity index is 147. The summed E-state index contributed by atoms with van der Waals surface area (Å²) in [6.45, 7) is 9.73. The second kappa shape index (κ2) is 4.58. The fourth-order valence-electron chi connectivity index (χ4n) is 0.539. The van der Waals surface area contributed by atoms with Gasteiger partial charge in [-0.15, -0.1) is 11.8 Å². The molecule has 0 aliphatic rings. The molecule has 1 nitrogen and oxygen atoms in total. The van der Waals surface area contributed by atoms with Crippen molar-refractivity contribution >= 4 is 11.8 Å². The molecule has 0 aliphatic carbocycles. The van der Waals surface area contributed by atoms with E-state index in [0.717, 1.165) is 0 Å². The molecule has 0 fully saturated rings. The fourth-order valence-corrected chi connectivity index (χ4v) is 1.16. The number of thioether (sulfide) groups is 1. The zero-order chi connectivity index (χ0) is 8.15. The monoisotopic (exact) mass is 157 g/mol. The number of rotatable bonds is 3. The van der Waals surface area contributed by atoms with Crippen LogP contribution in [0.5, 0.6) is 0 Å². The van der Waals surface area contributed by atoms with Crippen molar-refractivity contribution in [2.24, 2.45) is 5.73 Å². The standard InChI is InChI=1S/C8H15NS/c1-5-10-8(4)6(2)7(3)9/h5,7H,1,9H2,2-4H3/b8-6-. The molecular weight excluding hydrogens is 142 g/mol. The molecule has 0 heterocycles. The fraction of sp³-hybridized carbons (Fsp3) is 0.500. The first-order valence-corrected chi connectivity index (χ1v) is 4.18. The lowest BCUT2D eigenvalue weighted by Gasteiger charge is -2.08. The van der Waals surface area contributed by atoms with E-state index in [4.69, 9.17) is 5.73 Å². The Balaban J connectivity index is 4.18. The molecular formula is C8H15NS. The second-order valence-electron chi connectivity index (χ2n) is 2.31. The van der Waals surface area contributed by atoms with E-state index in [1.807, 2.05) is 12.3 Å². The Morgan fingerprint density at radius 1 is 1.60 bits per heavy atom. The first kappa shape index (κ1) is 9.79. The average Bonchev–Trinajstić information content (AvgIpc) is 1.87. The Hall–Kier alpha value is -0.210. The maximum Gasteiger partial charge on any atom is 0.0232 e. The third-order valence-corrected chi connectivity index (χ3v) is 2.34. The Morgan fingerprint density at radius 3 is 2.40 bits per heavy atom. The van der Waals surface area contributed by atoms with Crippen LogP contribution >= 0.6 is 11.8 Å². The van der Waals surface area contributed by atoms with Gasteiger partial charge in [0.15, 0.2) is 0 Å². The van der Waals surface area contributed by atoms with Gasteiger partial charge < -0.3 is 5.73 Å². The maximum absolute atomic E-state index is 5.66. The number of hydrogen-bond donors (Lipinski definition) is 1. The number of nitrogens with two attached hydrogens (primary N) is 1. The number of allylic oxidation sites excluding steroid dienone is 1. The van der Waals surface area contributed by atoms with Crippen molar-refractivity contribution in [2.75, 3.05) is 0 Å². The van der Waals surface area contributed by atoms with E-state index in [1.54, 1.807) is 11.8 Å². The third-order valence-electron chi connectivity index (χ3n) is 1.50. The molecule has 2 heteroatoms. The zero-order valence-corrected chi connectivity index (χ0v) is 7.66. The summed E-state index contributed by atoms with van der Waals surface area (Å²) in [5.41, 5.74) is 6.90. The summed E-state index contributed by atoms with van der Waals surface area (Å²) >= 11 is 1.63. The van der Waals surface area contributed by atoms with E-state index in [1.165, 1.54) is 10.5 Å². The van der Waals surface area contributed by atoms with Crippen LogP contribution in [0.25, 0.3) is 0 Å². The van der Waals surface area contributed by atoms with Gasteiger partial charge in [-0.1, -0.05) is 6.58 Å². The SMILES string of the molecule is C=CS/C(C)=C(/C)C(C)N. The van der Waals surface area contributed by atoms with Crippen molar-refractivity contribution in [1.29, 1.82) is 0 Å². The Kier molecular flexibility index (Phi) is 4.49. The minimum Gasteiger partial charge on any atom is -0.324 e. The topological polar surface area (TPSA) is 26.0 Å². The van der Waals surface area contributed by atoms with E-state index in [2.05, 4.69) is 20.4 Å². The van der Waals surface area contributed by atoms with Gasteiger partial charge in [-0.2, -0.15) is 0 Å². The van der Waals surface area contributed by atoms with Crippen LogP contribution in [-0.4, -0.2) is 6.04 Å². The molecule has 1 atom stereocenters. The molecule has 10 heavy (non-hydrogen) atoms. The van der Waals surface area contributed by atoms with Gasteiger partial charge in [0.2, 0.25) is 0 Å². The van der Waals surface area contributed by atoms with Crippen LogP contribution in [0.15, 0.2) is 22.5 Å². The summed E-state index contributed by atoms with van der Waals surface area (Å²) < 4.78 is 0. The molecule has 0 aromatic rings. The summed E-state index contributed by atoms with van der Waals surface area (Å²) in [5.74, 6) is 0. The molecule has 0 aromatic carbocycles. The van der Waals surface area contributed by atoms with Gasteiger partial charge in [0, 0.05) is 6.04 Å². The molecule has 0 saturated heterocycles. The highest BCUT2D eigenvalue weighted by atomic mass is 32.2. The highest BCUT2D eigenvalue weighted by Crippen LogP contribution is 2.20. The van der Waals surface area contributed by atoms with Crippen LogP contribution in [0.1, 0.15) is 20.8 Å². The largest absolute Gasteiger partial charge is 0.324 e. The molecule has 0 aliphatic heterocycles. The highest BCUT2D eigenvalue weighted by molar-refractivity contribution is 8.05. The van der Waals surface area contributed by atoms with Crippen molar-refractivity contribution in [2.45, 2.75) is 26.8 Å². The van der Waals surface area contributed by atoms with Crippen LogP contribution in [-0.2, 0) is 0 Å². The van der Waals surface area contributed by atoms with Gasteiger partial charge in [-0.3, -0.25) is 0 Å². The Labute approximate surface area is 67.4 Å². The molecule has 0 rings (SSSR count). The summed E-state index contributed by atoms with van der Waals surface area (Å²) in [6.07, 6.45) is 0. The molecule has 0 saturated carbocycles. The quantitative estimate of drug-likeness (QED) is 0.681. The van der Waals surface area contributed by atoms with Crippen LogP contribution < -0.4 is 5.73 Å². The lowest BCUT2D eigenvalue weighted by Crippen LogP contribution is -2.16. The molecule has 2 N–H and O–H groups in total. The van der Waals surface area contributed by atoms with Gasteiger partial charge in [-0.25, -0.2) is 0 Å². The molecule has 0 bridgehead atoms. The van der Waals surface area contributed by atoms with Crippen molar-refractivity contribution < 1.29 is 0 Å². The van der Waals surface area contributed by atoms with E-state index >= 15 is 0 Å². The van der Waals surface area contributed by atoms with Crippen molar-refractivity contribution in [3.63, 3.8) is 0 Å². The first-order chi connectivity index (χ1) is 4.59. The van der Waals surface area contributed by atoms with Gasteiger partial charge in [0.25, 0.3) is 0 Å². The number of hydrogen-bond acceptors (Lipinski definition) is 2. The third kappa shape index (κ3) is 3.08. The van der Waals surface area contributed by atoms with E-state index in [9.17, 15) is 0 Å². The van der Waals surface area contributed by atoms with Crippen molar-refractivity contribution in [3.05, 3.63) is 22.5 Å².